The van der Waals surface area contributed by atoms with Crippen LogP contribution in [0.25, 0.3) is 16.4 Å². The molecule has 7 heteroatoms. The van der Waals surface area contributed by atoms with Gasteiger partial charge in [-0.05, 0) is 31.5 Å². The first kappa shape index (κ1) is 20.2. The van der Waals surface area contributed by atoms with Crippen molar-refractivity contribution in [1.82, 2.24) is 4.40 Å². The van der Waals surface area contributed by atoms with Crippen LogP contribution in [0.2, 0.25) is 0 Å². The number of hydrogen-bond acceptors (Lipinski definition) is 5. The van der Waals surface area contributed by atoms with Gasteiger partial charge in [0.1, 0.15) is 12.4 Å². The van der Waals surface area contributed by atoms with Gasteiger partial charge in [0, 0.05) is 11.6 Å². The van der Waals surface area contributed by atoms with E-state index < -0.39 is 15.1 Å². The third kappa shape index (κ3) is 4.14. The summed E-state index contributed by atoms with van der Waals surface area (Å²) in [5.41, 5.74) is 2.12. The average Bonchev–Trinajstić information content (AvgIpc) is 2.99. The number of benzene rings is 1. The van der Waals surface area contributed by atoms with Gasteiger partial charge in [-0.1, -0.05) is 31.5 Å². The maximum Gasteiger partial charge on any atom is 0.340 e. The molecule has 1 aromatic carbocycles. The Balaban J connectivity index is 1.97. The number of aromatic nitrogens is 1. The summed E-state index contributed by atoms with van der Waals surface area (Å²) in [5, 5.41) is 0.208. The van der Waals surface area contributed by atoms with Crippen LogP contribution in [0.15, 0.2) is 42.6 Å². The molecule has 0 aliphatic heterocycles. The highest BCUT2D eigenvalue weighted by molar-refractivity contribution is 7.91. The van der Waals surface area contributed by atoms with Crippen LogP contribution in [0.5, 0.6) is 5.75 Å². The molecule has 0 radical (unpaired) electrons. The van der Waals surface area contributed by atoms with Crippen LogP contribution in [-0.2, 0) is 14.6 Å². The number of pyridine rings is 1. The third-order valence-corrected chi connectivity index (χ3v) is 6.36. The summed E-state index contributed by atoms with van der Waals surface area (Å²) in [7, 11) is -3.16. The van der Waals surface area contributed by atoms with Gasteiger partial charge >= 0.3 is 5.97 Å². The van der Waals surface area contributed by atoms with E-state index in [1.807, 2.05) is 35.6 Å². The highest BCUT2D eigenvalue weighted by Crippen LogP contribution is 2.29. The van der Waals surface area contributed by atoms with Crippen LogP contribution in [0.1, 0.15) is 37.0 Å². The summed E-state index contributed by atoms with van der Waals surface area (Å²) in [4.78, 5) is 12.7. The second-order valence-electron chi connectivity index (χ2n) is 6.95. The number of hydrogen-bond donors (Lipinski definition) is 0. The molecule has 0 saturated heterocycles. The average molecular weight is 404 g/mol. The molecule has 1 atom stereocenters. The Morgan fingerprint density at radius 3 is 2.61 bits per heavy atom. The minimum atomic E-state index is -3.16. The van der Waals surface area contributed by atoms with Gasteiger partial charge in [0.05, 0.1) is 34.7 Å². The molecule has 2 heterocycles. The molecule has 0 N–H and O–H groups in total. The standard InChI is InChI=1S/C21H25NO5S/c1-4-5-12-26-21(23)20-17-8-6-7-9-18(17)22-13-16(10-11-19(20)22)27-14-15(2)28(3,24)25/h6-11,13,15H,4-5,12,14H2,1-3H3. The van der Waals surface area contributed by atoms with Crippen molar-refractivity contribution in [2.45, 2.75) is 31.9 Å². The fraction of sp³-hybridized carbons (Fsp3) is 0.381. The number of fused-ring (bicyclic) bond motifs is 3. The molecule has 3 aromatic rings. The van der Waals surface area contributed by atoms with Crippen LogP contribution in [-0.4, -0.2) is 43.5 Å². The van der Waals surface area contributed by atoms with Crippen molar-refractivity contribution in [2.24, 2.45) is 0 Å². The molecule has 1 unspecified atom stereocenters. The summed E-state index contributed by atoms with van der Waals surface area (Å²) in [6, 6.07) is 11.2. The Morgan fingerprint density at radius 1 is 1.14 bits per heavy atom. The van der Waals surface area contributed by atoms with Crippen molar-refractivity contribution < 1.29 is 22.7 Å². The lowest BCUT2D eigenvalue weighted by molar-refractivity contribution is 0.0504. The molecule has 28 heavy (non-hydrogen) atoms. The van der Waals surface area contributed by atoms with Gasteiger partial charge in [-0.3, -0.25) is 0 Å². The number of rotatable bonds is 8. The van der Waals surface area contributed by atoms with Gasteiger partial charge in [-0.15, -0.1) is 0 Å². The molecular formula is C21H25NO5S. The van der Waals surface area contributed by atoms with Crippen molar-refractivity contribution in [3.63, 3.8) is 0 Å². The van der Waals surface area contributed by atoms with E-state index in [1.54, 1.807) is 25.3 Å². The van der Waals surface area contributed by atoms with Gasteiger partial charge < -0.3 is 13.9 Å². The van der Waals surface area contributed by atoms with Crippen molar-refractivity contribution in [2.75, 3.05) is 19.5 Å². The quantitative estimate of drug-likeness (QED) is 0.422. The SMILES string of the molecule is CCCCOC(=O)c1c2ccccc2n2cc(OCC(C)S(C)(=O)=O)ccc12. The minimum Gasteiger partial charge on any atom is -0.491 e. The Labute approximate surface area is 165 Å². The van der Waals surface area contributed by atoms with Crippen molar-refractivity contribution in [3.05, 3.63) is 48.2 Å². The van der Waals surface area contributed by atoms with E-state index in [9.17, 15) is 13.2 Å². The van der Waals surface area contributed by atoms with Gasteiger partial charge in [0.15, 0.2) is 9.84 Å². The normalized spacial score (nSPS) is 13.0. The van der Waals surface area contributed by atoms with E-state index in [0.717, 1.165) is 29.3 Å². The van der Waals surface area contributed by atoms with Gasteiger partial charge in [0.2, 0.25) is 0 Å². The fourth-order valence-corrected chi connectivity index (χ4v) is 3.25. The second-order valence-corrected chi connectivity index (χ2v) is 9.42. The lowest BCUT2D eigenvalue weighted by atomic mass is 10.1. The number of esters is 1. The monoisotopic (exact) mass is 403 g/mol. The number of ether oxygens (including phenoxy) is 2. The lowest BCUT2D eigenvalue weighted by Crippen LogP contribution is -2.23. The first-order chi connectivity index (χ1) is 13.3. The first-order valence-corrected chi connectivity index (χ1v) is 11.3. The summed E-state index contributed by atoms with van der Waals surface area (Å²) < 4.78 is 36.2. The van der Waals surface area contributed by atoms with E-state index in [1.165, 1.54) is 6.26 Å². The number of para-hydroxylation sites is 1. The summed E-state index contributed by atoms with van der Waals surface area (Å²) >= 11 is 0. The highest BCUT2D eigenvalue weighted by Gasteiger charge is 2.20. The smallest absolute Gasteiger partial charge is 0.340 e. The maximum atomic E-state index is 12.7. The molecular weight excluding hydrogens is 378 g/mol. The molecule has 6 nitrogen and oxygen atoms in total. The zero-order valence-electron chi connectivity index (χ0n) is 16.3. The Bertz CT molecular complexity index is 1100. The van der Waals surface area contributed by atoms with Crippen LogP contribution in [0.3, 0.4) is 0 Å². The molecule has 3 rings (SSSR count). The predicted octanol–water partition coefficient (Wildman–Crippen LogP) is 3.86. The Morgan fingerprint density at radius 2 is 1.89 bits per heavy atom. The van der Waals surface area contributed by atoms with E-state index in [2.05, 4.69) is 0 Å². The minimum absolute atomic E-state index is 0.0649. The number of carbonyl (C=O) groups excluding carboxylic acids is 1. The summed E-state index contributed by atoms with van der Waals surface area (Å²) in [6.07, 6.45) is 4.75. The number of unbranched alkanes of at least 4 members (excludes halogenated alkanes) is 1. The Kier molecular flexibility index (Phi) is 5.93. The van der Waals surface area contributed by atoms with E-state index in [0.29, 0.717) is 17.9 Å². The van der Waals surface area contributed by atoms with Crippen LogP contribution < -0.4 is 4.74 Å². The van der Waals surface area contributed by atoms with Gasteiger partial charge in [-0.25, -0.2) is 13.2 Å². The van der Waals surface area contributed by atoms with Crippen LogP contribution >= 0.6 is 0 Å². The van der Waals surface area contributed by atoms with E-state index >= 15 is 0 Å². The summed E-state index contributed by atoms with van der Waals surface area (Å²) in [5.74, 6) is 0.196. The first-order valence-electron chi connectivity index (χ1n) is 9.34. The van der Waals surface area contributed by atoms with Crippen LogP contribution in [0.4, 0.5) is 0 Å². The maximum absolute atomic E-state index is 12.7. The van der Waals surface area contributed by atoms with Crippen molar-refractivity contribution in [1.29, 1.82) is 0 Å². The topological polar surface area (TPSA) is 74.1 Å². The predicted molar refractivity (Wildman–Crippen MR) is 110 cm³/mol. The molecule has 0 amide bonds. The van der Waals surface area contributed by atoms with Crippen molar-refractivity contribution in [3.8, 4) is 5.75 Å². The number of sulfone groups is 1. The zero-order valence-corrected chi connectivity index (χ0v) is 17.2. The number of nitrogens with zero attached hydrogens (tertiary/aromatic N) is 1. The molecule has 150 valence electrons. The molecule has 0 bridgehead atoms. The van der Waals surface area contributed by atoms with Crippen LogP contribution in [0, 0.1) is 0 Å². The van der Waals surface area contributed by atoms with Crippen molar-refractivity contribution >= 4 is 32.2 Å². The van der Waals surface area contributed by atoms with E-state index in [-0.39, 0.29) is 12.6 Å². The molecule has 0 aliphatic rings. The molecule has 0 aliphatic carbocycles. The highest BCUT2D eigenvalue weighted by atomic mass is 32.2. The zero-order chi connectivity index (χ0) is 20.3. The lowest BCUT2D eigenvalue weighted by Gasteiger charge is -2.12. The largest absolute Gasteiger partial charge is 0.491 e. The molecule has 0 spiro atoms. The fourth-order valence-electron chi connectivity index (χ4n) is 2.94. The van der Waals surface area contributed by atoms with E-state index in [4.69, 9.17) is 9.47 Å². The van der Waals surface area contributed by atoms with Gasteiger partial charge in [-0.2, -0.15) is 0 Å². The molecule has 0 saturated carbocycles. The second kappa shape index (κ2) is 8.22. The number of carbonyl (C=O) groups is 1. The Hall–Kier alpha value is -2.54. The molecule has 2 aromatic heterocycles. The van der Waals surface area contributed by atoms with Gasteiger partial charge in [0.25, 0.3) is 0 Å². The third-order valence-electron chi connectivity index (χ3n) is 4.76. The molecule has 0 fully saturated rings. The summed E-state index contributed by atoms with van der Waals surface area (Å²) in [6.45, 7) is 4.12.